The fourth-order valence-electron chi connectivity index (χ4n) is 5.41. The summed E-state index contributed by atoms with van der Waals surface area (Å²) >= 11 is 5.86. The smallest absolute Gasteiger partial charge is 0.296 e. The van der Waals surface area contributed by atoms with Crippen LogP contribution in [-0.4, -0.2) is 32.2 Å². The van der Waals surface area contributed by atoms with Gasteiger partial charge in [0.1, 0.15) is 21.2 Å². The van der Waals surface area contributed by atoms with E-state index in [0.717, 1.165) is 16.0 Å². The number of benzene rings is 6. The quantitative estimate of drug-likeness (QED) is 0.0313. The molecule has 6 aromatic carbocycles. The molecule has 0 aromatic heterocycles. The predicted molar refractivity (Wildman–Crippen MR) is 201 cm³/mol. The first kappa shape index (κ1) is 35.0. The van der Waals surface area contributed by atoms with Gasteiger partial charge in [0.15, 0.2) is 0 Å². The van der Waals surface area contributed by atoms with Crippen LogP contribution in [0.25, 0.3) is 32.7 Å². The van der Waals surface area contributed by atoms with Crippen molar-refractivity contribution in [3.63, 3.8) is 0 Å². The van der Waals surface area contributed by atoms with Crippen molar-refractivity contribution in [3.05, 3.63) is 103 Å². The van der Waals surface area contributed by atoms with Crippen LogP contribution in [0.15, 0.2) is 132 Å². The molecule has 12 nitrogen and oxygen atoms in total. The molecule has 0 bridgehead atoms. The Morgan fingerprint density at radius 1 is 0.640 bits per heavy atom. The van der Waals surface area contributed by atoms with Crippen LogP contribution in [0.4, 0.5) is 34.1 Å². The molecule has 0 aliphatic rings. The molecule has 6 N–H and O–H groups in total. The predicted octanol–water partition coefficient (Wildman–Crippen LogP) is 9.30. The highest BCUT2D eigenvalue weighted by Crippen LogP contribution is 2.42. The minimum Gasteiger partial charge on any atom is -0.396 e. The number of anilines is 2. The van der Waals surface area contributed by atoms with Crippen LogP contribution in [0, 0.1) is 0 Å². The highest BCUT2D eigenvalue weighted by atomic mass is 32.2. The number of nitrogens with zero attached hydrogens (tertiary/aromatic N) is 4. The molecule has 0 fully saturated rings. The van der Waals surface area contributed by atoms with Gasteiger partial charge in [0.2, 0.25) is 0 Å². The van der Waals surface area contributed by atoms with Gasteiger partial charge < -0.3 is 11.5 Å². The molecule has 254 valence electrons. The van der Waals surface area contributed by atoms with E-state index in [1.165, 1.54) is 23.9 Å². The third-order valence-electron chi connectivity index (χ3n) is 7.89. The van der Waals surface area contributed by atoms with Crippen molar-refractivity contribution >= 4 is 100 Å². The van der Waals surface area contributed by atoms with Crippen LogP contribution in [0.2, 0.25) is 0 Å². The first-order chi connectivity index (χ1) is 23.8. The number of hydrogen-bond donors (Lipinski definition) is 5. The first-order valence-corrected chi connectivity index (χ1v) is 19.4. The van der Waals surface area contributed by atoms with Crippen LogP contribution in [-0.2, 0) is 26.0 Å². The van der Waals surface area contributed by atoms with E-state index in [2.05, 4.69) is 33.1 Å². The molecule has 16 heteroatoms. The Bertz CT molecular complexity index is 2430. The van der Waals surface area contributed by atoms with E-state index in [0.29, 0.717) is 38.5 Å². The summed E-state index contributed by atoms with van der Waals surface area (Å²) < 4.78 is 68.7. The van der Waals surface area contributed by atoms with Gasteiger partial charge in [-0.05, 0) is 70.1 Å². The van der Waals surface area contributed by atoms with Gasteiger partial charge in [0.25, 0.3) is 20.2 Å². The van der Waals surface area contributed by atoms with Crippen molar-refractivity contribution in [1.82, 2.24) is 0 Å². The van der Waals surface area contributed by atoms with Gasteiger partial charge in [-0.1, -0.05) is 60.7 Å². The lowest BCUT2D eigenvalue weighted by Crippen LogP contribution is -2.01. The summed E-state index contributed by atoms with van der Waals surface area (Å²) in [5, 5.41) is 19.1. The summed E-state index contributed by atoms with van der Waals surface area (Å²) in [6.45, 7) is 0. The number of fused-ring (bicyclic) bond motifs is 2. The molecule has 0 radical (unpaired) electrons. The first-order valence-electron chi connectivity index (χ1n) is 14.6. The Morgan fingerprint density at radius 2 is 1.10 bits per heavy atom. The zero-order valence-electron chi connectivity index (χ0n) is 26.1. The van der Waals surface area contributed by atoms with Crippen molar-refractivity contribution in [3.8, 4) is 11.1 Å². The molecule has 0 amide bonds. The largest absolute Gasteiger partial charge is 0.396 e. The maximum absolute atomic E-state index is 12.2. The molecule has 0 spiro atoms. The van der Waals surface area contributed by atoms with E-state index < -0.39 is 30.0 Å². The maximum Gasteiger partial charge on any atom is 0.296 e. The van der Waals surface area contributed by atoms with Gasteiger partial charge in [-0.15, -0.1) is 27.1 Å². The molecule has 0 saturated carbocycles. The monoisotopic (exact) mass is 744 g/mol. The summed E-state index contributed by atoms with van der Waals surface area (Å²) in [7, 11) is -9.33. The van der Waals surface area contributed by atoms with Crippen LogP contribution >= 0.6 is 24.4 Å². The van der Waals surface area contributed by atoms with Gasteiger partial charge in [-0.25, -0.2) is 0 Å². The van der Waals surface area contributed by atoms with E-state index >= 15 is 0 Å². The Balaban J connectivity index is 1.35. The van der Waals surface area contributed by atoms with Crippen LogP contribution < -0.4 is 11.5 Å². The molecule has 0 heterocycles. The van der Waals surface area contributed by atoms with E-state index in [1.807, 2.05) is 30.5 Å². The van der Waals surface area contributed by atoms with Gasteiger partial charge in [-0.3, -0.25) is 9.11 Å². The summed E-state index contributed by atoms with van der Waals surface area (Å²) in [6.07, 6.45) is 1.86. The number of hydrogen-bond acceptors (Lipinski definition) is 12. The molecule has 6 rings (SSSR count). The minimum atomic E-state index is -4.67. The molecular formula is C34H28N6O6S4. The van der Waals surface area contributed by atoms with Gasteiger partial charge in [0, 0.05) is 21.4 Å². The molecule has 0 unspecified atom stereocenters. The summed E-state index contributed by atoms with van der Waals surface area (Å²) in [6, 6.07) is 27.2. The Kier molecular flexibility index (Phi) is 9.67. The number of thioether (sulfide) groups is 1. The summed E-state index contributed by atoms with van der Waals surface area (Å²) in [4.78, 5) is -0.186. The minimum absolute atomic E-state index is 0.0582. The van der Waals surface area contributed by atoms with Crippen molar-refractivity contribution in [1.29, 1.82) is 0 Å². The third kappa shape index (κ3) is 6.94. The number of thiol groups is 1. The normalized spacial score (nSPS) is 12.5. The van der Waals surface area contributed by atoms with E-state index in [4.69, 9.17) is 11.5 Å². The molecule has 6 aromatic rings. The average molecular weight is 745 g/mol. The molecular weight excluding hydrogens is 717 g/mol. The second-order valence-electron chi connectivity index (χ2n) is 11.0. The number of azo groups is 2. The fraction of sp³-hybridized carbons (Fsp3) is 0.0588. The topological polar surface area (TPSA) is 210 Å². The third-order valence-corrected chi connectivity index (χ3v) is 10.7. The van der Waals surface area contributed by atoms with Crippen molar-refractivity contribution in [2.24, 2.45) is 20.5 Å². The average Bonchev–Trinajstić information content (AvgIpc) is 3.09. The molecule has 0 saturated heterocycles. The van der Waals surface area contributed by atoms with Crippen LogP contribution in [0.5, 0.6) is 0 Å². The second kappa shape index (κ2) is 13.8. The SMILES string of the molecule is CSc1cc(-c2ccc(N=Nc3c(S(=O)(=O)O)cc4ccccc4c3N)c(CS)c2)ccc1N=Nc1c(S(=O)(=O)O)cc2ccccc2c1N. The fourth-order valence-corrected chi connectivity index (χ4v) is 7.57. The van der Waals surface area contributed by atoms with E-state index in [1.54, 1.807) is 60.7 Å². The Labute approximate surface area is 297 Å². The molecule has 0 aliphatic carbocycles. The lowest BCUT2D eigenvalue weighted by molar-refractivity contribution is 0.481. The highest BCUT2D eigenvalue weighted by molar-refractivity contribution is 7.98. The van der Waals surface area contributed by atoms with Crippen molar-refractivity contribution < 1.29 is 25.9 Å². The number of rotatable bonds is 9. The summed E-state index contributed by atoms with van der Waals surface area (Å²) in [5.41, 5.74) is 15.5. The Hall–Kier alpha value is -4.84. The standard InChI is InChI=1S/C34H28N6O6S4/c1-48-28-15-20(11-13-27(28)38-40-34-30(50(44,45)46)17-22-7-3-5-9-25(22)32(34)36)19-10-12-26(23(14-19)18-47)37-39-33-29(49(41,42)43)16-21-6-2-4-8-24(21)31(33)35/h2-17,47H,18,35-36H2,1H3,(H,41,42,43)(H,44,45,46). The van der Waals surface area contributed by atoms with Gasteiger partial charge in [0.05, 0.1) is 22.7 Å². The van der Waals surface area contributed by atoms with Crippen molar-refractivity contribution in [2.75, 3.05) is 17.7 Å². The van der Waals surface area contributed by atoms with E-state index in [9.17, 15) is 25.9 Å². The Morgan fingerprint density at radius 3 is 1.58 bits per heavy atom. The van der Waals surface area contributed by atoms with Gasteiger partial charge in [-0.2, -0.15) is 34.6 Å². The lowest BCUT2D eigenvalue weighted by Gasteiger charge is -2.11. The molecule has 0 atom stereocenters. The zero-order valence-corrected chi connectivity index (χ0v) is 29.4. The van der Waals surface area contributed by atoms with Crippen molar-refractivity contribution in [2.45, 2.75) is 20.4 Å². The van der Waals surface area contributed by atoms with Crippen LogP contribution in [0.1, 0.15) is 5.56 Å². The van der Waals surface area contributed by atoms with E-state index in [-0.39, 0.29) is 28.5 Å². The van der Waals surface area contributed by atoms with Crippen LogP contribution in [0.3, 0.4) is 0 Å². The lowest BCUT2D eigenvalue weighted by atomic mass is 10.0. The number of nitrogen functional groups attached to an aromatic ring is 2. The summed E-state index contributed by atoms with van der Waals surface area (Å²) in [5.74, 6) is 0.269. The number of nitrogens with two attached hydrogens (primary N) is 2. The van der Waals surface area contributed by atoms with Gasteiger partial charge >= 0.3 is 0 Å². The second-order valence-corrected chi connectivity index (χ2v) is 14.9. The zero-order chi connectivity index (χ0) is 35.8. The maximum atomic E-state index is 12.2. The molecule has 50 heavy (non-hydrogen) atoms. The molecule has 0 aliphatic heterocycles. The highest BCUT2D eigenvalue weighted by Gasteiger charge is 2.22.